The number of nitrogens with one attached hydrogen (secondary N) is 1. The van der Waals surface area contributed by atoms with Crippen LogP contribution in [0.5, 0.6) is 0 Å². The van der Waals surface area contributed by atoms with Gasteiger partial charge in [-0.05, 0) is 0 Å². The van der Waals surface area contributed by atoms with E-state index in [1.54, 1.807) is 6.20 Å². The number of rotatable bonds is 0. The molecule has 13 heavy (non-hydrogen) atoms. The SMILES string of the molecule is O=C1N=c2ncc3c(c2N1)N=CN=3. The van der Waals surface area contributed by atoms with Crippen molar-refractivity contribution in [3.63, 3.8) is 0 Å². The number of aliphatic imine (C=N–C) groups is 1. The van der Waals surface area contributed by atoms with Gasteiger partial charge in [0.05, 0.1) is 6.20 Å². The van der Waals surface area contributed by atoms with Gasteiger partial charge in [0.1, 0.15) is 23.1 Å². The van der Waals surface area contributed by atoms with E-state index in [1.807, 2.05) is 0 Å². The molecule has 0 aromatic carbocycles. The predicted molar refractivity (Wildman–Crippen MR) is 43.7 cm³/mol. The maximum atomic E-state index is 10.9. The van der Waals surface area contributed by atoms with E-state index in [0.717, 1.165) is 0 Å². The fraction of sp³-hybridized carbons (Fsp3) is 0. The molecule has 0 spiro atoms. The zero-order valence-corrected chi connectivity index (χ0v) is 6.35. The van der Waals surface area contributed by atoms with Crippen LogP contribution in [0.3, 0.4) is 0 Å². The standard InChI is InChI=1S/C7H3N5O/c13-7-11-5-4-3(9-2-10-4)1-8-6(5)12-7/h1-2H,(H,8,11,12,13). The highest BCUT2D eigenvalue weighted by Crippen LogP contribution is 2.18. The van der Waals surface area contributed by atoms with Crippen LogP contribution in [0.25, 0.3) is 0 Å². The summed E-state index contributed by atoms with van der Waals surface area (Å²) in [7, 11) is 0. The Bertz CT molecular complexity index is 559. The van der Waals surface area contributed by atoms with E-state index in [1.165, 1.54) is 6.34 Å². The van der Waals surface area contributed by atoms with E-state index in [4.69, 9.17) is 0 Å². The third-order valence-electron chi connectivity index (χ3n) is 1.84. The van der Waals surface area contributed by atoms with Crippen molar-refractivity contribution in [3.8, 4) is 0 Å². The highest BCUT2D eigenvalue weighted by Gasteiger charge is 2.18. The van der Waals surface area contributed by atoms with Crippen molar-refractivity contribution in [3.05, 3.63) is 17.0 Å². The van der Waals surface area contributed by atoms with E-state index in [2.05, 4.69) is 25.3 Å². The monoisotopic (exact) mass is 173 g/mol. The molecule has 2 aliphatic heterocycles. The zero-order valence-electron chi connectivity index (χ0n) is 6.35. The molecule has 1 N–H and O–H groups in total. The summed E-state index contributed by atoms with van der Waals surface area (Å²) in [5, 5.41) is 3.22. The first-order valence-corrected chi connectivity index (χ1v) is 3.64. The predicted octanol–water partition coefficient (Wildman–Crippen LogP) is -0.460. The van der Waals surface area contributed by atoms with E-state index >= 15 is 0 Å². The Morgan fingerprint density at radius 2 is 2.31 bits per heavy atom. The Balaban J connectivity index is 2.46. The normalized spacial score (nSPS) is 15.8. The molecule has 0 saturated heterocycles. The van der Waals surface area contributed by atoms with Gasteiger partial charge >= 0.3 is 6.03 Å². The molecule has 0 bridgehead atoms. The fourth-order valence-electron chi connectivity index (χ4n) is 1.29. The second kappa shape index (κ2) is 1.98. The molecule has 3 heterocycles. The van der Waals surface area contributed by atoms with Gasteiger partial charge in [0.2, 0.25) is 0 Å². The van der Waals surface area contributed by atoms with Crippen LogP contribution in [0.15, 0.2) is 21.2 Å². The number of carbonyl (C=O) groups is 1. The maximum absolute atomic E-state index is 10.9. The Kier molecular flexibility index (Phi) is 0.974. The van der Waals surface area contributed by atoms with E-state index in [9.17, 15) is 4.79 Å². The lowest BCUT2D eigenvalue weighted by atomic mass is 10.3. The summed E-state index contributed by atoms with van der Waals surface area (Å²) in [6, 6.07) is -0.405. The quantitative estimate of drug-likeness (QED) is 0.576. The van der Waals surface area contributed by atoms with Crippen molar-refractivity contribution in [2.45, 2.75) is 0 Å². The number of hydrogen-bond acceptors (Lipinski definition) is 4. The summed E-state index contributed by atoms with van der Waals surface area (Å²) >= 11 is 0. The van der Waals surface area contributed by atoms with Crippen LogP contribution in [0.1, 0.15) is 0 Å². The summed E-state index contributed by atoms with van der Waals surface area (Å²) in [6.45, 7) is 0. The van der Waals surface area contributed by atoms with Crippen LogP contribution in [0.2, 0.25) is 0 Å². The lowest BCUT2D eigenvalue weighted by Gasteiger charge is -1.95. The Morgan fingerprint density at radius 3 is 3.23 bits per heavy atom. The van der Waals surface area contributed by atoms with Gasteiger partial charge in [0, 0.05) is 0 Å². The largest absolute Gasteiger partial charge is 0.347 e. The minimum absolute atomic E-state index is 0.387. The molecule has 1 aromatic heterocycles. The molecule has 2 aliphatic rings. The summed E-state index contributed by atoms with van der Waals surface area (Å²) in [5.74, 6) is 0. The van der Waals surface area contributed by atoms with E-state index in [-0.39, 0.29) is 0 Å². The van der Waals surface area contributed by atoms with Crippen LogP contribution in [0.4, 0.5) is 16.2 Å². The molecule has 0 saturated carbocycles. The van der Waals surface area contributed by atoms with Gasteiger partial charge < -0.3 is 5.32 Å². The van der Waals surface area contributed by atoms with Gasteiger partial charge in [-0.25, -0.2) is 19.8 Å². The number of pyridine rings is 1. The van der Waals surface area contributed by atoms with Crippen molar-refractivity contribution in [1.29, 1.82) is 0 Å². The molecule has 0 atom stereocenters. The number of carbonyl (C=O) groups excluding carboxylic acids is 1. The third-order valence-corrected chi connectivity index (χ3v) is 1.84. The minimum Gasteiger partial charge on any atom is -0.301 e. The van der Waals surface area contributed by atoms with Crippen molar-refractivity contribution < 1.29 is 4.79 Å². The number of anilines is 1. The highest BCUT2D eigenvalue weighted by molar-refractivity contribution is 5.97. The first kappa shape index (κ1) is 6.41. The second-order valence-corrected chi connectivity index (χ2v) is 2.61. The minimum atomic E-state index is -0.405. The molecule has 6 heteroatoms. The van der Waals surface area contributed by atoms with Crippen LogP contribution < -0.4 is 16.2 Å². The molecule has 6 nitrogen and oxygen atoms in total. The van der Waals surface area contributed by atoms with Gasteiger partial charge in [-0.1, -0.05) is 0 Å². The third kappa shape index (κ3) is 0.738. The summed E-state index contributed by atoms with van der Waals surface area (Å²) < 4.78 is 0. The van der Waals surface area contributed by atoms with Gasteiger partial charge in [-0.15, -0.1) is 0 Å². The van der Waals surface area contributed by atoms with Gasteiger partial charge in [0.25, 0.3) is 0 Å². The Hall–Kier alpha value is -2.11. The number of fused-ring (bicyclic) bond motifs is 3. The lowest BCUT2D eigenvalue weighted by Crippen LogP contribution is -2.14. The van der Waals surface area contributed by atoms with Crippen LogP contribution in [-0.2, 0) is 0 Å². The molecule has 0 unspecified atom stereocenters. The summed E-state index contributed by atoms with van der Waals surface area (Å²) in [4.78, 5) is 26.5. The van der Waals surface area contributed by atoms with E-state index < -0.39 is 6.03 Å². The molecule has 0 fully saturated rings. The first-order chi connectivity index (χ1) is 6.34. The Morgan fingerprint density at radius 1 is 1.38 bits per heavy atom. The zero-order chi connectivity index (χ0) is 8.84. The average molecular weight is 173 g/mol. The van der Waals surface area contributed by atoms with Crippen molar-refractivity contribution in [1.82, 2.24) is 4.98 Å². The van der Waals surface area contributed by atoms with Crippen LogP contribution >= 0.6 is 0 Å². The van der Waals surface area contributed by atoms with Crippen molar-refractivity contribution in [2.24, 2.45) is 15.0 Å². The summed E-state index contributed by atoms with van der Waals surface area (Å²) in [5.41, 5.74) is 1.58. The van der Waals surface area contributed by atoms with Crippen molar-refractivity contribution >= 4 is 23.7 Å². The summed E-state index contributed by atoms with van der Waals surface area (Å²) in [6.07, 6.45) is 2.97. The number of urea groups is 1. The smallest absolute Gasteiger partial charge is 0.301 e. The maximum Gasteiger partial charge on any atom is 0.347 e. The van der Waals surface area contributed by atoms with Gasteiger partial charge in [-0.3, -0.25) is 0 Å². The van der Waals surface area contributed by atoms with Crippen molar-refractivity contribution in [2.75, 3.05) is 5.32 Å². The van der Waals surface area contributed by atoms with Gasteiger partial charge in [0.15, 0.2) is 5.49 Å². The second-order valence-electron chi connectivity index (χ2n) is 2.61. The molecular formula is C7H3N5O. The molecule has 0 aliphatic carbocycles. The highest BCUT2D eigenvalue weighted by atomic mass is 16.2. The van der Waals surface area contributed by atoms with Crippen LogP contribution in [0, 0.1) is 0 Å². The molecule has 62 valence electrons. The van der Waals surface area contributed by atoms with Gasteiger partial charge in [-0.2, -0.15) is 4.99 Å². The molecule has 1 aromatic rings. The number of nitrogens with zero attached hydrogens (tertiary/aromatic N) is 4. The molecule has 0 radical (unpaired) electrons. The fourth-order valence-corrected chi connectivity index (χ4v) is 1.29. The first-order valence-electron chi connectivity index (χ1n) is 3.64. The number of amides is 2. The molecular weight excluding hydrogens is 170 g/mol. The average Bonchev–Trinajstić information content (AvgIpc) is 2.65. The van der Waals surface area contributed by atoms with Crippen LogP contribution in [-0.4, -0.2) is 17.4 Å². The van der Waals surface area contributed by atoms with E-state index in [0.29, 0.717) is 22.2 Å². The molecule has 2 amide bonds. The molecule has 3 rings (SSSR count). The lowest BCUT2D eigenvalue weighted by molar-refractivity contribution is 0.260. The number of aromatic nitrogens is 1. The number of hydrogen-bond donors (Lipinski definition) is 1. The Labute approximate surface area is 71.8 Å². The topological polar surface area (TPSA) is 79.1 Å².